The van der Waals surface area contributed by atoms with Gasteiger partial charge in [0.1, 0.15) is 18.3 Å². The van der Waals surface area contributed by atoms with Crippen LogP contribution in [0.4, 0.5) is 0 Å². The van der Waals surface area contributed by atoms with E-state index < -0.39 is 0 Å². The van der Waals surface area contributed by atoms with Crippen molar-refractivity contribution in [1.82, 2.24) is 5.32 Å². The normalized spacial score (nSPS) is 23.2. The molecule has 114 valence electrons. The first-order chi connectivity index (χ1) is 10.2. The van der Waals surface area contributed by atoms with E-state index in [9.17, 15) is 9.90 Å². The average molecular weight is 289 g/mol. The maximum absolute atomic E-state index is 12.4. The molecule has 2 aliphatic rings. The van der Waals surface area contributed by atoms with Crippen LogP contribution in [0.3, 0.4) is 0 Å². The van der Waals surface area contributed by atoms with E-state index >= 15 is 0 Å². The van der Waals surface area contributed by atoms with Crippen LogP contribution in [0.2, 0.25) is 0 Å². The molecule has 1 aliphatic heterocycles. The molecule has 1 amide bonds. The first-order valence-corrected chi connectivity index (χ1v) is 7.84. The number of aliphatic hydroxyl groups excluding tert-OH is 1. The number of hydrogen-bond donors (Lipinski definition) is 2. The van der Waals surface area contributed by atoms with Gasteiger partial charge in [-0.15, -0.1) is 0 Å². The van der Waals surface area contributed by atoms with Crippen molar-refractivity contribution in [3.8, 4) is 5.75 Å². The summed E-state index contributed by atoms with van der Waals surface area (Å²) in [5, 5.41) is 12.7. The molecule has 2 N–H and O–H groups in total. The van der Waals surface area contributed by atoms with E-state index in [4.69, 9.17) is 4.74 Å². The molecule has 1 saturated carbocycles. The number of rotatable bonds is 4. The number of hydrogen-bond acceptors (Lipinski definition) is 3. The van der Waals surface area contributed by atoms with Crippen molar-refractivity contribution in [1.29, 1.82) is 0 Å². The van der Waals surface area contributed by atoms with Crippen LogP contribution in [-0.2, 0) is 4.79 Å². The molecule has 1 unspecified atom stereocenters. The van der Waals surface area contributed by atoms with Gasteiger partial charge in [0.05, 0.1) is 6.61 Å². The van der Waals surface area contributed by atoms with Crippen LogP contribution in [0.25, 0.3) is 0 Å². The molecule has 1 heterocycles. The zero-order valence-corrected chi connectivity index (χ0v) is 12.3. The van der Waals surface area contributed by atoms with Gasteiger partial charge in [-0.05, 0) is 18.9 Å². The van der Waals surface area contributed by atoms with Gasteiger partial charge >= 0.3 is 0 Å². The smallest absolute Gasteiger partial charge is 0.231 e. The number of para-hydroxylation sites is 1. The van der Waals surface area contributed by atoms with Gasteiger partial charge in [0.25, 0.3) is 0 Å². The predicted molar refractivity (Wildman–Crippen MR) is 80.3 cm³/mol. The Labute approximate surface area is 125 Å². The molecule has 1 fully saturated rings. The lowest BCUT2D eigenvalue weighted by atomic mass is 9.74. The lowest BCUT2D eigenvalue weighted by molar-refractivity contribution is -0.123. The summed E-state index contributed by atoms with van der Waals surface area (Å²) in [7, 11) is 0. The van der Waals surface area contributed by atoms with E-state index in [1.807, 2.05) is 24.3 Å². The van der Waals surface area contributed by atoms with E-state index in [-0.39, 0.29) is 23.8 Å². The first-order valence-electron chi connectivity index (χ1n) is 7.84. The monoisotopic (exact) mass is 289 g/mol. The average Bonchev–Trinajstić information content (AvgIpc) is 2.98. The van der Waals surface area contributed by atoms with Crippen LogP contribution in [0.1, 0.15) is 43.6 Å². The van der Waals surface area contributed by atoms with Crippen LogP contribution < -0.4 is 10.1 Å². The Morgan fingerprint density at radius 2 is 2.05 bits per heavy atom. The van der Waals surface area contributed by atoms with Gasteiger partial charge in [-0.1, -0.05) is 37.5 Å². The third kappa shape index (κ3) is 2.91. The summed E-state index contributed by atoms with van der Waals surface area (Å²) in [5.41, 5.74) is 0.851. The second-order valence-corrected chi connectivity index (χ2v) is 6.34. The Hall–Kier alpha value is -1.55. The van der Waals surface area contributed by atoms with Crippen LogP contribution in [0, 0.1) is 5.41 Å². The zero-order chi connectivity index (χ0) is 14.7. The molecule has 3 rings (SSSR count). The molecule has 1 aromatic carbocycles. The molecule has 21 heavy (non-hydrogen) atoms. The van der Waals surface area contributed by atoms with Gasteiger partial charge in [0.2, 0.25) is 5.91 Å². The standard InChI is InChI=1S/C17H23NO3/c19-12-17(8-4-1-5-9-17)11-18-16(20)14-10-21-15-7-3-2-6-13(14)15/h2-3,6-7,14,19H,1,4-5,8-12H2,(H,18,20). The van der Waals surface area contributed by atoms with Gasteiger partial charge in [-0.2, -0.15) is 0 Å². The molecule has 1 aliphatic carbocycles. The maximum atomic E-state index is 12.4. The quantitative estimate of drug-likeness (QED) is 0.893. The molecule has 4 heteroatoms. The number of carbonyl (C=O) groups excluding carboxylic acids is 1. The number of nitrogens with one attached hydrogen (secondary N) is 1. The van der Waals surface area contributed by atoms with E-state index in [1.54, 1.807) is 0 Å². The van der Waals surface area contributed by atoms with E-state index in [0.29, 0.717) is 13.2 Å². The summed E-state index contributed by atoms with van der Waals surface area (Å²) in [5.74, 6) is 0.603. The number of amides is 1. The molecule has 0 aromatic heterocycles. The molecule has 0 saturated heterocycles. The number of benzene rings is 1. The van der Waals surface area contributed by atoms with E-state index in [1.165, 1.54) is 6.42 Å². The molecular formula is C17H23NO3. The summed E-state index contributed by atoms with van der Waals surface area (Å²) < 4.78 is 5.57. The van der Waals surface area contributed by atoms with Crippen molar-refractivity contribution in [3.63, 3.8) is 0 Å². The number of ether oxygens (including phenoxy) is 1. The van der Waals surface area contributed by atoms with Crippen molar-refractivity contribution in [2.24, 2.45) is 5.41 Å². The van der Waals surface area contributed by atoms with Crippen molar-refractivity contribution >= 4 is 5.91 Å². The number of aliphatic hydroxyl groups is 1. The molecule has 0 spiro atoms. The Bertz CT molecular complexity index is 509. The summed E-state index contributed by atoms with van der Waals surface area (Å²) >= 11 is 0. The van der Waals surface area contributed by atoms with Crippen molar-refractivity contribution in [2.45, 2.75) is 38.0 Å². The summed E-state index contributed by atoms with van der Waals surface area (Å²) in [6, 6.07) is 7.71. The fraction of sp³-hybridized carbons (Fsp3) is 0.588. The van der Waals surface area contributed by atoms with Gasteiger partial charge in [-0.3, -0.25) is 4.79 Å². The first kappa shape index (κ1) is 14.4. The molecule has 4 nitrogen and oxygen atoms in total. The lowest BCUT2D eigenvalue weighted by Gasteiger charge is -2.35. The predicted octanol–water partition coefficient (Wildman–Crippen LogP) is 2.22. The molecule has 1 aromatic rings. The molecular weight excluding hydrogens is 266 g/mol. The largest absolute Gasteiger partial charge is 0.492 e. The van der Waals surface area contributed by atoms with Crippen molar-refractivity contribution in [2.75, 3.05) is 19.8 Å². The second-order valence-electron chi connectivity index (χ2n) is 6.34. The zero-order valence-electron chi connectivity index (χ0n) is 12.3. The fourth-order valence-electron chi connectivity index (χ4n) is 3.47. The summed E-state index contributed by atoms with van der Waals surface area (Å²) in [6.07, 6.45) is 5.53. The molecule has 1 atom stereocenters. The highest BCUT2D eigenvalue weighted by Crippen LogP contribution is 2.36. The molecule has 0 radical (unpaired) electrons. The Morgan fingerprint density at radius 1 is 1.29 bits per heavy atom. The summed E-state index contributed by atoms with van der Waals surface area (Å²) in [4.78, 5) is 12.4. The van der Waals surface area contributed by atoms with E-state index in [2.05, 4.69) is 5.32 Å². The Balaban J connectivity index is 1.62. The maximum Gasteiger partial charge on any atom is 0.231 e. The number of carbonyl (C=O) groups is 1. The Morgan fingerprint density at radius 3 is 2.81 bits per heavy atom. The lowest BCUT2D eigenvalue weighted by Crippen LogP contribution is -2.43. The second kappa shape index (κ2) is 6.06. The van der Waals surface area contributed by atoms with Crippen LogP contribution in [0.5, 0.6) is 5.75 Å². The van der Waals surface area contributed by atoms with Crippen molar-refractivity contribution < 1.29 is 14.6 Å². The minimum atomic E-state index is -0.222. The van der Waals surface area contributed by atoms with Gasteiger partial charge in [-0.25, -0.2) is 0 Å². The minimum Gasteiger partial charge on any atom is -0.492 e. The topological polar surface area (TPSA) is 58.6 Å². The fourth-order valence-corrected chi connectivity index (χ4v) is 3.47. The highest BCUT2D eigenvalue weighted by atomic mass is 16.5. The SMILES string of the molecule is O=C(NCC1(CO)CCCCC1)C1COc2ccccc21. The number of fused-ring (bicyclic) bond motifs is 1. The van der Waals surface area contributed by atoms with Crippen LogP contribution >= 0.6 is 0 Å². The van der Waals surface area contributed by atoms with Gasteiger partial charge in [0, 0.05) is 17.5 Å². The third-order valence-corrected chi connectivity index (χ3v) is 4.90. The van der Waals surface area contributed by atoms with Crippen molar-refractivity contribution in [3.05, 3.63) is 29.8 Å². The van der Waals surface area contributed by atoms with Crippen LogP contribution in [0.15, 0.2) is 24.3 Å². The third-order valence-electron chi connectivity index (χ3n) is 4.90. The Kier molecular flexibility index (Phi) is 4.15. The van der Waals surface area contributed by atoms with Gasteiger partial charge < -0.3 is 15.2 Å². The highest BCUT2D eigenvalue weighted by Gasteiger charge is 2.34. The highest BCUT2D eigenvalue weighted by molar-refractivity contribution is 5.85. The summed E-state index contributed by atoms with van der Waals surface area (Å²) in [6.45, 7) is 1.14. The van der Waals surface area contributed by atoms with Crippen LogP contribution in [-0.4, -0.2) is 30.8 Å². The van der Waals surface area contributed by atoms with E-state index in [0.717, 1.165) is 37.0 Å². The van der Waals surface area contributed by atoms with Gasteiger partial charge in [0.15, 0.2) is 0 Å². The minimum absolute atomic E-state index is 0.0124. The molecule has 0 bridgehead atoms.